The average Bonchev–Trinajstić information content (AvgIpc) is 2.80. The van der Waals surface area contributed by atoms with Crippen molar-refractivity contribution in [2.75, 3.05) is 0 Å². The van der Waals surface area contributed by atoms with Gasteiger partial charge in [0, 0.05) is 18.3 Å². The number of H-pyrrole nitrogens is 1. The molecule has 2 heterocycles. The van der Waals surface area contributed by atoms with E-state index in [1.165, 1.54) is 5.56 Å². The Balaban J connectivity index is 2.28. The number of fused-ring (bicyclic) bond motifs is 1. The number of benzene rings is 1. The van der Waals surface area contributed by atoms with E-state index in [2.05, 4.69) is 16.0 Å². The molecule has 3 rings (SSSR count). The molecule has 0 spiro atoms. The van der Waals surface area contributed by atoms with Gasteiger partial charge in [0.2, 0.25) is 0 Å². The van der Waals surface area contributed by atoms with Gasteiger partial charge in [0.15, 0.2) is 5.52 Å². The van der Waals surface area contributed by atoms with Crippen LogP contribution in [0.15, 0.2) is 35.1 Å². The van der Waals surface area contributed by atoms with Crippen LogP contribution in [0.25, 0.3) is 22.4 Å². The minimum Gasteiger partial charge on any atom is -0.338 e. The Labute approximate surface area is 110 Å². The van der Waals surface area contributed by atoms with E-state index >= 15 is 0 Å². The lowest BCUT2D eigenvalue weighted by Gasteiger charge is -2.00. The summed E-state index contributed by atoms with van der Waals surface area (Å²) in [7, 11) is 1.76. The van der Waals surface area contributed by atoms with E-state index in [1.807, 2.05) is 38.1 Å². The van der Waals surface area contributed by atoms with Crippen molar-refractivity contribution in [2.24, 2.45) is 7.05 Å². The van der Waals surface area contributed by atoms with Gasteiger partial charge in [0.25, 0.3) is 5.56 Å². The molecule has 0 radical (unpaired) electrons. The first-order chi connectivity index (χ1) is 9.06. The maximum Gasteiger partial charge on any atom is 0.278 e. The van der Waals surface area contributed by atoms with Crippen LogP contribution in [-0.2, 0) is 7.05 Å². The largest absolute Gasteiger partial charge is 0.338 e. The van der Waals surface area contributed by atoms with Crippen LogP contribution in [0.2, 0.25) is 0 Å². The van der Waals surface area contributed by atoms with Crippen LogP contribution in [0.4, 0.5) is 0 Å². The van der Waals surface area contributed by atoms with Crippen molar-refractivity contribution < 1.29 is 0 Å². The summed E-state index contributed by atoms with van der Waals surface area (Å²) in [5.74, 6) is 0.737. The number of hydrogen-bond donors (Lipinski definition) is 1. The molecule has 0 bridgehead atoms. The highest BCUT2D eigenvalue weighted by atomic mass is 16.1. The van der Waals surface area contributed by atoms with E-state index in [1.54, 1.807) is 11.6 Å². The van der Waals surface area contributed by atoms with Crippen molar-refractivity contribution in [1.82, 2.24) is 14.5 Å². The molecule has 0 amide bonds. The number of nitrogens with one attached hydrogen (secondary N) is 1. The third-order valence-electron chi connectivity index (χ3n) is 3.41. The predicted molar refractivity (Wildman–Crippen MR) is 76.2 cm³/mol. The molecule has 0 unspecified atom stereocenters. The predicted octanol–water partition coefficient (Wildman–Crippen LogP) is 2.55. The molecule has 19 heavy (non-hydrogen) atoms. The summed E-state index contributed by atoms with van der Waals surface area (Å²) in [5, 5.41) is 0. The van der Waals surface area contributed by atoms with Crippen molar-refractivity contribution in [3.05, 3.63) is 51.9 Å². The SMILES string of the molecule is Cc1cccc(-c2nc3c(=O)n(C)c(C)cc3[nH]2)c1. The Bertz CT molecular complexity index is 827. The van der Waals surface area contributed by atoms with Gasteiger partial charge in [-0.2, -0.15) is 0 Å². The zero-order valence-electron chi connectivity index (χ0n) is 11.2. The number of pyridine rings is 1. The number of imidazole rings is 1. The van der Waals surface area contributed by atoms with Gasteiger partial charge in [-0.1, -0.05) is 23.8 Å². The summed E-state index contributed by atoms with van der Waals surface area (Å²) in [4.78, 5) is 19.8. The highest BCUT2D eigenvalue weighted by Crippen LogP contribution is 2.20. The van der Waals surface area contributed by atoms with E-state index in [-0.39, 0.29) is 5.56 Å². The summed E-state index contributed by atoms with van der Waals surface area (Å²) < 4.78 is 1.61. The molecule has 1 aromatic carbocycles. The van der Waals surface area contributed by atoms with Gasteiger partial charge >= 0.3 is 0 Å². The summed E-state index contributed by atoms with van der Waals surface area (Å²) in [6.07, 6.45) is 0. The van der Waals surface area contributed by atoms with Crippen molar-refractivity contribution in [3.63, 3.8) is 0 Å². The topological polar surface area (TPSA) is 50.7 Å². The van der Waals surface area contributed by atoms with Crippen molar-refractivity contribution >= 4 is 11.0 Å². The Kier molecular flexibility index (Phi) is 2.52. The number of rotatable bonds is 1. The first-order valence-corrected chi connectivity index (χ1v) is 6.19. The Hall–Kier alpha value is -2.36. The zero-order chi connectivity index (χ0) is 13.6. The second-order valence-corrected chi connectivity index (χ2v) is 4.87. The third-order valence-corrected chi connectivity index (χ3v) is 3.41. The van der Waals surface area contributed by atoms with E-state index in [0.717, 1.165) is 22.6 Å². The minimum atomic E-state index is -0.0647. The number of aromatic nitrogens is 3. The number of hydrogen-bond acceptors (Lipinski definition) is 2. The Morgan fingerprint density at radius 1 is 1.21 bits per heavy atom. The molecule has 96 valence electrons. The monoisotopic (exact) mass is 253 g/mol. The summed E-state index contributed by atoms with van der Waals surface area (Å²) in [5.41, 5.74) is 4.29. The summed E-state index contributed by atoms with van der Waals surface area (Å²) >= 11 is 0. The smallest absolute Gasteiger partial charge is 0.278 e. The highest BCUT2D eigenvalue weighted by Gasteiger charge is 2.10. The average molecular weight is 253 g/mol. The molecule has 1 N–H and O–H groups in total. The van der Waals surface area contributed by atoms with E-state index in [4.69, 9.17) is 0 Å². The Morgan fingerprint density at radius 2 is 2.00 bits per heavy atom. The lowest BCUT2D eigenvalue weighted by atomic mass is 10.1. The Morgan fingerprint density at radius 3 is 2.74 bits per heavy atom. The fourth-order valence-electron chi connectivity index (χ4n) is 2.21. The lowest BCUT2D eigenvalue weighted by molar-refractivity contribution is 0.828. The molecule has 0 fully saturated rings. The van der Waals surface area contributed by atoms with Crippen LogP contribution in [0.5, 0.6) is 0 Å². The molecule has 0 saturated carbocycles. The summed E-state index contributed by atoms with van der Waals surface area (Å²) in [6, 6.07) is 10.0. The second-order valence-electron chi connectivity index (χ2n) is 4.87. The van der Waals surface area contributed by atoms with Gasteiger partial charge in [0.1, 0.15) is 5.82 Å². The quantitative estimate of drug-likeness (QED) is 0.724. The van der Waals surface area contributed by atoms with E-state index < -0.39 is 0 Å². The van der Waals surface area contributed by atoms with Crippen LogP contribution in [0, 0.1) is 13.8 Å². The van der Waals surface area contributed by atoms with Crippen LogP contribution in [0.1, 0.15) is 11.3 Å². The maximum atomic E-state index is 12.1. The molecule has 4 nitrogen and oxygen atoms in total. The van der Waals surface area contributed by atoms with Gasteiger partial charge in [-0.15, -0.1) is 0 Å². The van der Waals surface area contributed by atoms with Crippen LogP contribution < -0.4 is 5.56 Å². The fourth-order valence-corrected chi connectivity index (χ4v) is 2.21. The van der Waals surface area contributed by atoms with Gasteiger partial charge in [0.05, 0.1) is 5.52 Å². The number of nitrogens with zero attached hydrogens (tertiary/aromatic N) is 2. The van der Waals surface area contributed by atoms with Gasteiger partial charge in [-0.25, -0.2) is 4.98 Å². The molecular formula is C15H15N3O. The van der Waals surface area contributed by atoms with Gasteiger partial charge in [-0.05, 0) is 26.0 Å². The maximum absolute atomic E-state index is 12.1. The molecule has 2 aromatic heterocycles. The van der Waals surface area contributed by atoms with E-state index in [0.29, 0.717) is 5.52 Å². The first kappa shape index (κ1) is 11.7. The van der Waals surface area contributed by atoms with Gasteiger partial charge < -0.3 is 9.55 Å². The molecule has 0 aliphatic carbocycles. The minimum absolute atomic E-state index is 0.0647. The normalized spacial score (nSPS) is 11.1. The fraction of sp³-hybridized carbons (Fsp3) is 0.200. The lowest BCUT2D eigenvalue weighted by Crippen LogP contribution is -2.18. The van der Waals surface area contributed by atoms with Crippen LogP contribution >= 0.6 is 0 Å². The molecule has 0 aliphatic rings. The second kappa shape index (κ2) is 4.09. The molecular weight excluding hydrogens is 238 g/mol. The van der Waals surface area contributed by atoms with Gasteiger partial charge in [-0.3, -0.25) is 4.79 Å². The molecule has 0 saturated heterocycles. The van der Waals surface area contributed by atoms with Crippen LogP contribution in [0.3, 0.4) is 0 Å². The third kappa shape index (κ3) is 1.85. The highest BCUT2D eigenvalue weighted by molar-refractivity contribution is 5.79. The first-order valence-electron chi connectivity index (χ1n) is 6.19. The molecule has 4 heteroatoms. The molecule has 3 aromatic rings. The molecule has 0 aliphatic heterocycles. The number of aromatic amines is 1. The van der Waals surface area contributed by atoms with Crippen LogP contribution in [-0.4, -0.2) is 14.5 Å². The molecule has 0 atom stereocenters. The van der Waals surface area contributed by atoms with Crippen molar-refractivity contribution in [1.29, 1.82) is 0 Å². The summed E-state index contributed by atoms with van der Waals surface area (Å²) in [6.45, 7) is 3.95. The zero-order valence-corrected chi connectivity index (χ0v) is 11.2. The van der Waals surface area contributed by atoms with Crippen molar-refractivity contribution in [3.8, 4) is 11.4 Å². The standard InChI is InChI=1S/C15H15N3O/c1-9-5-4-6-11(7-9)14-16-12-8-10(2)18(3)15(19)13(12)17-14/h4-8H,1-3H3,(H,16,17). The van der Waals surface area contributed by atoms with E-state index in [9.17, 15) is 4.79 Å². The van der Waals surface area contributed by atoms with Crippen molar-refractivity contribution in [2.45, 2.75) is 13.8 Å². The number of aryl methyl sites for hydroxylation is 2.